The van der Waals surface area contributed by atoms with E-state index in [1.54, 1.807) is 11.0 Å². The Morgan fingerprint density at radius 2 is 1.86 bits per heavy atom. The first kappa shape index (κ1) is 15.3. The van der Waals surface area contributed by atoms with Crippen LogP contribution in [0.4, 0.5) is 0 Å². The molecule has 1 aliphatic rings. The summed E-state index contributed by atoms with van der Waals surface area (Å²) in [4.78, 5) is 26.4. The summed E-state index contributed by atoms with van der Waals surface area (Å²) in [7, 11) is 0. The zero-order chi connectivity index (χ0) is 15.2. The van der Waals surface area contributed by atoms with Crippen LogP contribution in [0.5, 0.6) is 0 Å². The Kier molecular flexibility index (Phi) is 5.11. The quantitative estimate of drug-likeness (QED) is 0.847. The number of carbonyl (C=O) groups is 2. The van der Waals surface area contributed by atoms with Gasteiger partial charge in [-0.05, 0) is 24.1 Å². The number of amides is 1. The van der Waals surface area contributed by atoms with E-state index in [1.807, 2.05) is 42.2 Å². The minimum absolute atomic E-state index is 0.0202. The molecule has 0 aromatic heterocycles. The van der Waals surface area contributed by atoms with Crippen molar-refractivity contribution in [2.45, 2.75) is 6.92 Å². The highest BCUT2D eigenvalue weighted by molar-refractivity contribution is 5.92. The molecule has 112 valence electrons. The normalized spacial score (nSPS) is 16.3. The lowest BCUT2D eigenvalue weighted by Gasteiger charge is -2.33. The summed E-state index contributed by atoms with van der Waals surface area (Å²) in [6.07, 6.45) is 3.43. The average molecular weight is 288 g/mol. The number of rotatable bonds is 4. The molecule has 1 N–H and O–H groups in total. The first-order valence-corrected chi connectivity index (χ1v) is 7.03. The monoisotopic (exact) mass is 288 g/mol. The predicted molar refractivity (Wildman–Crippen MR) is 80.9 cm³/mol. The summed E-state index contributed by atoms with van der Waals surface area (Å²) < 4.78 is 0. The number of piperazine rings is 1. The summed E-state index contributed by atoms with van der Waals surface area (Å²) in [6.45, 7) is 4.41. The van der Waals surface area contributed by atoms with Gasteiger partial charge in [-0.2, -0.15) is 0 Å². The van der Waals surface area contributed by atoms with Crippen molar-refractivity contribution < 1.29 is 14.7 Å². The third-order valence-corrected chi connectivity index (χ3v) is 3.64. The molecule has 0 spiro atoms. The minimum atomic E-state index is -0.825. The highest BCUT2D eigenvalue weighted by Gasteiger charge is 2.20. The van der Waals surface area contributed by atoms with Gasteiger partial charge in [0.25, 0.3) is 0 Å². The Morgan fingerprint density at radius 1 is 1.19 bits per heavy atom. The van der Waals surface area contributed by atoms with Gasteiger partial charge in [0.1, 0.15) is 0 Å². The number of benzene rings is 1. The molecule has 0 saturated carbocycles. The van der Waals surface area contributed by atoms with Gasteiger partial charge < -0.3 is 10.0 Å². The van der Waals surface area contributed by atoms with E-state index in [4.69, 9.17) is 5.11 Å². The second-order valence-corrected chi connectivity index (χ2v) is 5.19. The average Bonchev–Trinajstić information content (AvgIpc) is 2.46. The Bertz CT molecular complexity index is 546. The second kappa shape index (κ2) is 7.04. The van der Waals surface area contributed by atoms with Gasteiger partial charge in [-0.15, -0.1) is 0 Å². The highest BCUT2D eigenvalue weighted by Crippen LogP contribution is 2.10. The van der Waals surface area contributed by atoms with Crippen LogP contribution in [0.25, 0.3) is 6.08 Å². The third-order valence-electron chi connectivity index (χ3n) is 3.64. The van der Waals surface area contributed by atoms with E-state index in [0.717, 1.165) is 11.1 Å². The zero-order valence-electron chi connectivity index (χ0n) is 12.2. The standard InChI is InChI=1S/C16H20N2O3/c1-13-4-2-3-5-14(13)6-7-15(19)18-10-8-17(9-11-18)12-16(20)21/h2-7H,8-12H2,1H3,(H,20,21)/b7-6+. The molecule has 1 heterocycles. The van der Waals surface area contributed by atoms with Gasteiger partial charge in [0.2, 0.25) is 5.91 Å². The summed E-state index contributed by atoms with van der Waals surface area (Å²) in [5, 5.41) is 8.74. The number of nitrogens with zero attached hydrogens (tertiary/aromatic N) is 2. The lowest BCUT2D eigenvalue weighted by atomic mass is 10.1. The van der Waals surface area contributed by atoms with Crippen LogP contribution in [0, 0.1) is 6.92 Å². The topological polar surface area (TPSA) is 60.9 Å². The maximum atomic E-state index is 12.1. The molecule has 1 aromatic rings. The smallest absolute Gasteiger partial charge is 0.317 e. The molecule has 0 aliphatic carbocycles. The van der Waals surface area contributed by atoms with Crippen molar-refractivity contribution in [3.63, 3.8) is 0 Å². The number of hydrogen-bond donors (Lipinski definition) is 1. The number of aryl methyl sites for hydroxylation is 1. The summed E-state index contributed by atoms with van der Waals surface area (Å²) in [5.74, 6) is -0.845. The van der Waals surface area contributed by atoms with Crippen molar-refractivity contribution >= 4 is 18.0 Å². The molecule has 0 unspecified atom stereocenters. The molecular formula is C16H20N2O3. The predicted octanol–water partition coefficient (Wildman–Crippen LogP) is 1.24. The van der Waals surface area contributed by atoms with Crippen LogP contribution < -0.4 is 0 Å². The molecule has 0 atom stereocenters. The highest BCUT2D eigenvalue weighted by atomic mass is 16.4. The molecule has 0 radical (unpaired) electrons. The Balaban J connectivity index is 1.88. The second-order valence-electron chi connectivity index (χ2n) is 5.19. The van der Waals surface area contributed by atoms with Crippen LogP contribution >= 0.6 is 0 Å². The minimum Gasteiger partial charge on any atom is -0.480 e. The lowest BCUT2D eigenvalue weighted by molar-refractivity contribution is -0.139. The Labute approximate surface area is 124 Å². The molecule has 21 heavy (non-hydrogen) atoms. The van der Waals surface area contributed by atoms with Crippen LogP contribution in [0.1, 0.15) is 11.1 Å². The maximum Gasteiger partial charge on any atom is 0.317 e. The maximum absolute atomic E-state index is 12.1. The molecule has 0 bridgehead atoms. The van der Waals surface area contributed by atoms with E-state index >= 15 is 0 Å². The fraction of sp³-hybridized carbons (Fsp3) is 0.375. The summed E-state index contributed by atoms with van der Waals surface area (Å²) >= 11 is 0. The van der Waals surface area contributed by atoms with E-state index in [1.165, 1.54) is 0 Å². The molecule has 1 saturated heterocycles. The molecule has 1 fully saturated rings. The van der Waals surface area contributed by atoms with E-state index in [0.29, 0.717) is 26.2 Å². The first-order valence-electron chi connectivity index (χ1n) is 7.03. The van der Waals surface area contributed by atoms with Gasteiger partial charge in [-0.3, -0.25) is 14.5 Å². The first-order chi connectivity index (χ1) is 10.1. The Hall–Kier alpha value is -2.14. The van der Waals surface area contributed by atoms with E-state index in [-0.39, 0.29) is 12.5 Å². The summed E-state index contributed by atoms with van der Waals surface area (Å²) in [5.41, 5.74) is 2.17. The van der Waals surface area contributed by atoms with E-state index in [9.17, 15) is 9.59 Å². The van der Waals surface area contributed by atoms with Crippen molar-refractivity contribution in [3.8, 4) is 0 Å². The van der Waals surface area contributed by atoms with Gasteiger partial charge in [0.05, 0.1) is 6.54 Å². The van der Waals surface area contributed by atoms with Gasteiger partial charge in [0, 0.05) is 32.3 Å². The number of hydrogen-bond acceptors (Lipinski definition) is 3. The van der Waals surface area contributed by atoms with E-state index < -0.39 is 5.97 Å². The van der Waals surface area contributed by atoms with Crippen LogP contribution in [0.15, 0.2) is 30.3 Å². The number of carboxylic acids is 1. The molecular weight excluding hydrogens is 268 g/mol. The van der Waals surface area contributed by atoms with Gasteiger partial charge in [-0.1, -0.05) is 24.3 Å². The SMILES string of the molecule is Cc1ccccc1/C=C/C(=O)N1CCN(CC(=O)O)CC1. The Morgan fingerprint density at radius 3 is 2.48 bits per heavy atom. The number of carbonyl (C=O) groups excluding carboxylic acids is 1. The molecule has 1 aromatic carbocycles. The molecule has 2 rings (SSSR count). The van der Waals surface area contributed by atoms with Gasteiger partial charge >= 0.3 is 5.97 Å². The number of carboxylic acid groups (broad SMARTS) is 1. The van der Waals surface area contributed by atoms with Crippen LogP contribution in [0.2, 0.25) is 0 Å². The van der Waals surface area contributed by atoms with Crippen LogP contribution in [0.3, 0.4) is 0 Å². The fourth-order valence-electron chi connectivity index (χ4n) is 2.36. The van der Waals surface area contributed by atoms with Crippen molar-refractivity contribution in [1.82, 2.24) is 9.80 Å². The van der Waals surface area contributed by atoms with Crippen molar-refractivity contribution in [3.05, 3.63) is 41.5 Å². The zero-order valence-corrected chi connectivity index (χ0v) is 12.2. The molecule has 5 nitrogen and oxygen atoms in total. The lowest BCUT2D eigenvalue weighted by Crippen LogP contribution is -2.49. The van der Waals surface area contributed by atoms with Gasteiger partial charge in [-0.25, -0.2) is 0 Å². The van der Waals surface area contributed by atoms with Crippen LogP contribution in [-0.4, -0.2) is 59.5 Å². The molecule has 1 aliphatic heterocycles. The van der Waals surface area contributed by atoms with E-state index in [2.05, 4.69) is 0 Å². The molecule has 1 amide bonds. The van der Waals surface area contributed by atoms with Crippen LogP contribution in [-0.2, 0) is 9.59 Å². The third kappa shape index (κ3) is 4.43. The summed E-state index contributed by atoms with van der Waals surface area (Å²) in [6, 6.07) is 7.90. The number of aliphatic carboxylic acids is 1. The van der Waals surface area contributed by atoms with Crippen molar-refractivity contribution in [1.29, 1.82) is 0 Å². The van der Waals surface area contributed by atoms with Crippen molar-refractivity contribution in [2.24, 2.45) is 0 Å². The van der Waals surface area contributed by atoms with Gasteiger partial charge in [0.15, 0.2) is 0 Å². The largest absolute Gasteiger partial charge is 0.480 e. The van der Waals surface area contributed by atoms with Crippen molar-refractivity contribution in [2.75, 3.05) is 32.7 Å². The fourth-order valence-corrected chi connectivity index (χ4v) is 2.36. The molecule has 5 heteroatoms.